The van der Waals surface area contributed by atoms with Crippen LogP contribution in [0.5, 0.6) is 5.75 Å². The summed E-state index contributed by atoms with van der Waals surface area (Å²) in [6.45, 7) is 2.12. The highest BCUT2D eigenvalue weighted by Crippen LogP contribution is 2.32. The lowest BCUT2D eigenvalue weighted by Gasteiger charge is -2.27. The zero-order chi connectivity index (χ0) is 13.7. The van der Waals surface area contributed by atoms with E-state index in [1.54, 1.807) is 7.11 Å². The summed E-state index contributed by atoms with van der Waals surface area (Å²) in [6, 6.07) is 7.04. The lowest BCUT2D eigenvalue weighted by Crippen LogP contribution is -2.21. The number of nitrogens with one attached hydrogen (secondary N) is 1. The van der Waals surface area contributed by atoms with Gasteiger partial charge < -0.3 is 10.1 Å². The Balaban J connectivity index is 2.05. The second kappa shape index (κ2) is 6.95. The van der Waals surface area contributed by atoms with Crippen LogP contribution in [0.3, 0.4) is 0 Å². The van der Waals surface area contributed by atoms with Gasteiger partial charge >= 0.3 is 0 Å². The van der Waals surface area contributed by atoms with Gasteiger partial charge in [0.25, 0.3) is 0 Å². The first kappa shape index (κ1) is 14.4. The monoisotopic (exact) mass is 261 g/mol. The largest absolute Gasteiger partial charge is 0.496 e. The van der Waals surface area contributed by atoms with Gasteiger partial charge in [0.2, 0.25) is 0 Å². The quantitative estimate of drug-likeness (QED) is 0.856. The van der Waals surface area contributed by atoms with Crippen LogP contribution >= 0.6 is 0 Å². The first-order valence-electron chi connectivity index (χ1n) is 7.56. The van der Waals surface area contributed by atoms with Crippen molar-refractivity contribution in [3.05, 3.63) is 29.3 Å². The zero-order valence-corrected chi connectivity index (χ0v) is 12.5. The van der Waals surface area contributed by atoms with Gasteiger partial charge in [-0.25, -0.2) is 0 Å². The summed E-state index contributed by atoms with van der Waals surface area (Å²) in [4.78, 5) is 0. The van der Waals surface area contributed by atoms with Gasteiger partial charge in [-0.1, -0.05) is 44.2 Å². The molecule has 0 heterocycles. The summed E-state index contributed by atoms with van der Waals surface area (Å²) >= 11 is 0. The first-order valence-corrected chi connectivity index (χ1v) is 7.56. The van der Waals surface area contributed by atoms with Crippen LogP contribution in [0.2, 0.25) is 0 Å². The molecule has 1 saturated carbocycles. The molecule has 106 valence electrons. The first-order chi connectivity index (χ1) is 9.24. The molecular formula is C17H27NO. The van der Waals surface area contributed by atoms with Crippen LogP contribution in [0.15, 0.2) is 18.2 Å². The lowest BCUT2D eigenvalue weighted by molar-refractivity contribution is 0.305. The average Bonchev–Trinajstić information content (AvgIpc) is 2.46. The topological polar surface area (TPSA) is 21.3 Å². The van der Waals surface area contributed by atoms with Gasteiger partial charge in [-0.05, 0) is 43.5 Å². The predicted octanol–water partition coefficient (Wildman–Crippen LogP) is 4.23. The molecule has 0 aliphatic heterocycles. The molecule has 2 rings (SSSR count). The molecule has 2 heteroatoms. The molecule has 1 aliphatic rings. The maximum absolute atomic E-state index is 5.34. The van der Waals surface area contributed by atoms with Crippen LogP contribution in [0.1, 0.15) is 55.7 Å². The summed E-state index contributed by atoms with van der Waals surface area (Å²) in [5.41, 5.74) is 2.62. The SMILES string of the molecule is CNC(CC1CCCCC1)c1ccc(OC)c(C)c1. The molecule has 0 saturated heterocycles. The highest BCUT2D eigenvalue weighted by atomic mass is 16.5. The van der Waals surface area contributed by atoms with Crippen LogP contribution in [0.4, 0.5) is 0 Å². The minimum Gasteiger partial charge on any atom is -0.496 e. The van der Waals surface area contributed by atoms with Crippen molar-refractivity contribution in [3.63, 3.8) is 0 Å². The number of rotatable bonds is 5. The van der Waals surface area contributed by atoms with Gasteiger partial charge in [-0.2, -0.15) is 0 Å². The smallest absolute Gasteiger partial charge is 0.121 e. The Bertz CT molecular complexity index is 396. The third-order valence-electron chi connectivity index (χ3n) is 4.46. The molecule has 0 radical (unpaired) electrons. The van der Waals surface area contributed by atoms with Gasteiger partial charge in [0.15, 0.2) is 0 Å². The standard InChI is InChI=1S/C17H27NO/c1-13-11-15(9-10-17(13)19-3)16(18-2)12-14-7-5-4-6-8-14/h9-11,14,16,18H,4-8,12H2,1-3H3. The lowest BCUT2D eigenvalue weighted by atomic mass is 9.83. The van der Waals surface area contributed by atoms with E-state index in [0.29, 0.717) is 6.04 Å². The molecule has 19 heavy (non-hydrogen) atoms. The maximum Gasteiger partial charge on any atom is 0.121 e. The summed E-state index contributed by atoms with van der Waals surface area (Å²) < 4.78 is 5.34. The van der Waals surface area contributed by atoms with Gasteiger partial charge in [0.05, 0.1) is 7.11 Å². The van der Waals surface area contributed by atoms with Crippen molar-refractivity contribution in [2.75, 3.05) is 14.2 Å². The maximum atomic E-state index is 5.34. The van der Waals surface area contributed by atoms with E-state index in [9.17, 15) is 0 Å². The molecule has 0 bridgehead atoms. The van der Waals surface area contributed by atoms with Crippen molar-refractivity contribution >= 4 is 0 Å². The molecule has 1 aromatic rings. The van der Waals surface area contributed by atoms with E-state index in [0.717, 1.165) is 11.7 Å². The molecule has 1 atom stereocenters. The number of ether oxygens (including phenoxy) is 1. The Morgan fingerprint density at radius 1 is 1.26 bits per heavy atom. The minimum absolute atomic E-state index is 0.479. The fraction of sp³-hybridized carbons (Fsp3) is 0.647. The van der Waals surface area contributed by atoms with Gasteiger partial charge in [-0.15, -0.1) is 0 Å². The van der Waals surface area contributed by atoms with Crippen LogP contribution in [0.25, 0.3) is 0 Å². The molecular weight excluding hydrogens is 234 g/mol. The van der Waals surface area contributed by atoms with E-state index in [1.165, 1.54) is 49.7 Å². The summed E-state index contributed by atoms with van der Waals surface area (Å²) in [6.07, 6.45) is 8.36. The highest BCUT2D eigenvalue weighted by molar-refractivity contribution is 5.37. The number of aryl methyl sites for hydroxylation is 1. The molecule has 1 N–H and O–H groups in total. The number of hydrogen-bond donors (Lipinski definition) is 1. The van der Waals surface area contributed by atoms with Crippen molar-refractivity contribution in [1.29, 1.82) is 0 Å². The highest BCUT2D eigenvalue weighted by Gasteiger charge is 2.19. The van der Waals surface area contributed by atoms with Gasteiger partial charge in [-0.3, -0.25) is 0 Å². The summed E-state index contributed by atoms with van der Waals surface area (Å²) in [5, 5.41) is 3.49. The Morgan fingerprint density at radius 2 is 2.00 bits per heavy atom. The van der Waals surface area contributed by atoms with Crippen molar-refractivity contribution in [3.8, 4) is 5.75 Å². The molecule has 1 aromatic carbocycles. The number of methoxy groups -OCH3 is 1. The Morgan fingerprint density at radius 3 is 2.58 bits per heavy atom. The zero-order valence-electron chi connectivity index (χ0n) is 12.5. The molecule has 1 fully saturated rings. The third-order valence-corrected chi connectivity index (χ3v) is 4.46. The fourth-order valence-corrected chi connectivity index (χ4v) is 3.30. The van der Waals surface area contributed by atoms with Crippen molar-refractivity contribution < 1.29 is 4.74 Å². The fourth-order valence-electron chi connectivity index (χ4n) is 3.30. The normalized spacial score (nSPS) is 18.3. The van der Waals surface area contributed by atoms with E-state index in [1.807, 2.05) is 0 Å². The van der Waals surface area contributed by atoms with Gasteiger partial charge in [0.1, 0.15) is 5.75 Å². The second-order valence-electron chi connectivity index (χ2n) is 5.81. The van der Waals surface area contributed by atoms with E-state index < -0.39 is 0 Å². The number of hydrogen-bond acceptors (Lipinski definition) is 2. The predicted molar refractivity (Wildman–Crippen MR) is 80.7 cm³/mol. The second-order valence-corrected chi connectivity index (χ2v) is 5.81. The van der Waals surface area contributed by atoms with Crippen LogP contribution in [0, 0.1) is 12.8 Å². The molecule has 0 aromatic heterocycles. The molecule has 1 unspecified atom stereocenters. The Kier molecular flexibility index (Phi) is 5.26. The molecule has 2 nitrogen and oxygen atoms in total. The number of benzene rings is 1. The molecule has 1 aliphatic carbocycles. The van der Waals surface area contributed by atoms with Crippen molar-refractivity contribution in [2.24, 2.45) is 5.92 Å². The van der Waals surface area contributed by atoms with Gasteiger partial charge in [0, 0.05) is 6.04 Å². The van der Waals surface area contributed by atoms with Crippen molar-refractivity contribution in [1.82, 2.24) is 5.32 Å². The Labute approximate surface area is 117 Å². The Hall–Kier alpha value is -1.02. The third kappa shape index (κ3) is 3.73. The molecule has 0 spiro atoms. The van der Waals surface area contributed by atoms with Crippen LogP contribution < -0.4 is 10.1 Å². The van der Waals surface area contributed by atoms with E-state index in [-0.39, 0.29) is 0 Å². The van der Waals surface area contributed by atoms with E-state index in [2.05, 4.69) is 37.5 Å². The summed E-state index contributed by atoms with van der Waals surface area (Å²) in [7, 11) is 3.81. The van der Waals surface area contributed by atoms with E-state index in [4.69, 9.17) is 4.74 Å². The van der Waals surface area contributed by atoms with Crippen LogP contribution in [-0.2, 0) is 0 Å². The minimum atomic E-state index is 0.479. The average molecular weight is 261 g/mol. The van der Waals surface area contributed by atoms with Crippen LogP contribution in [-0.4, -0.2) is 14.2 Å². The molecule has 0 amide bonds. The van der Waals surface area contributed by atoms with Crippen molar-refractivity contribution in [2.45, 2.75) is 51.5 Å². The van der Waals surface area contributed by atoms with E-state index >= 15 is 0 Å². The summed E-state index contributed by atoms with van der Waals surface area (Å²) in [5.74, 6) is 1.88.